The standard InChI is InChI=1S/C11H8Br2N2O3/c12-7-1-6(2-8(13)3-7)11(18)15-4-9(16)14-10(17)5-15/h1-3H,4-5H2,(H,14,16,17). The minimum atomic E-state index is -0.464. The number of imide groups is 1. The number of hydrogen-bond donors (Lipinski definition) is 1. The SMILES string of the molecule is O=C1CN(C(=O)c2cc(Br)cc(Br)c2)CC(=O)N1. The molecule has 7 heteroatoms. The predicted octanol–water partition coefficient (Wildman–Crippen LogP) is 1.31. The maximum Gasteiger partial charge on any atom is 0.254 e. The first-order valence-corrected chi connectivity index (χ1v) is 6.62. The summed E-state index contributed by atoms with van der Waals surface area (Å²) < 4.78 is 1.49. The molecule has 0 aromatic heterocycles. The molecule has 94 valence electrons. The lowest BCUT2D eigenvalue weighted by molar-refractivity contribution is -0.135. The molecule has 0 saturated carbocycles. The lowest BCUT2D eigenvalue weighted by atomic mass is 10.2. The van der Waals surface area contributed by atoms with Gasteiger partial charge in [-0.25, -0.2) is 0 Å². The highest BCUT2D eigenvalue weighted by Crippen LogP contribution is 2.21. The summed E-state index contributed by atoms with van der Waals surface area (Å²) >= 11 is 6.56. The molecule has 1 fully saturated rings. The van der Waals surface area contributed by atoms with E-state index in [4.69, 9.17) is 0 Å². The number of carbonyl (C=O) groups is 3. The van der Waals surface area contributed by atoms with Gasteiger partial charge >= 0.3 is 0 Å². The van der Waals surface area contributed by atoms with Crippen LogP contribution in [0.25, 0.3) is 0 Å². The van der Waals surface area contributed by atoms with E-state index in [0.717, 1.165) is 8.95 Å². The summed E-state index contributed by atoms with van der Waals surface area (Å²) in [4.78, 5) is 35.8. The molecule has 0 unspecified atom stereocenters. The Morgan fingerprint density at radius 3 is 2.06 bits per heavy atom. The van der Waals surface area contributed by atoms with Crippen LogP contribution in [0.3, 0.4) is 0 Å². The lowest BCUT2D eigenvalue weighted by Crippen LogP contribution is -2.53. The van der Waals surface area contributed by atoms with Crippen molar-refractivity contribution in [1.29, 1.82) is 0 Å². The molecule has 0 atom stereocenters. The molecule has 0 aliphatic carbocycles. The first-order chi connectivity index (χ1) is 8.45. The number of carbonyl (C=O) groups excluding carboxylic acids is 3. The van der Waals surface area contributed by atoms with E-state index in [1.54, 1.807) is 18.2 Å². The second kappa shape index (κ2) is 5.19. The molecular formula is C11H8Br2N2O3. The van der Waals surface area contributed by atoms with Crippen LogP contribution in [0.2, 0.25) is 0 Å². The van der Waals surface area contributed by atoms with E-state index >= 15 is 0 Å². The van der Waals surface area contributed by atoms with Crippen molar-refractivity contribution >= 4 is 49.6 Å². The molecule has 0 radical (unpaired) electrons. The minimum Gasteiger partial charge on any atom is -0.320 e. The van der Waals surface area contributed by atoms with Gasteiger partial charge in [-0.3, -0.25) is 19.7 Å². The third-order valence-corrected chi connectivity index (χ3v) is 3.26. The number of amides is 3. The van der Waals surface area contributed by atoms with Crippen LogP contribution in [0.5, 0.6) is 0 Å². The van der Waals surface area contributed by atoms with Gasteiger partial charge in [0.1, 0.15) is 13.1 Å². The van der Waals surface area contributed by atoms with E-state index in [-0.39, 0.29) is 19.0 Å². The summed E-state index contributed by atoms with van der Waals surface area (Å²) in [5, 5.41) is 2.15. The Labute approximate surface area is 120 Å². The molecule has 3 amide bonds. The highest BCUT2D eigenvalue weighted by Gasteiger charge is 2.27. The van der Waals surface area contributed by atoms with Crippen molar-refractivity contribution in [3.05, 3.63) is 32.7 Å². The quantitative estimate of drug-likeness (QED) is 0.752. The number of hydrogen-bond acceptors (Lipinski definition) is 3. The Kier molecular flexibility index (Phi) is 3.82. The molecular weight excluding hydrogens is 368 g/mol. The Morgan fingerprint density at radius 1 is 1.06 bits per heavy atom. The molecule has 1 N–H and O–H groups in total. The number of piperazine rings is 1. The molecule has 1 saturated heterocycles. The van der Waals surface area contributed by atoms with E-state index in [1.165, 1.54) is 4.90 Å². The van der Waals surface area contributed by atoms with Crippen molar-refractivity contribution in [2.45, 2.75) is 0 Å². The second-order valence-corrected chi connectivity index (χ2v) is 5.62. The highest BCUT2D eigenvalue weighted by atomic mass is 79.9. The fourth-order valence-corrected chi connectivity index (χ4v) is 2.93. The van der Waals surface area contributed by atoms with Crippen molar-refractivity contribution in [2.75, 3.05) is 13.1 Å². The van der Waals surface area contributed by atoms with Gasteiger partial charge < -0.3 is 4.90 Å². The van der Waals surface area contributed by atoms with Gasteiger partial charge in [-0.15, -0.1) is 0 Å². The zero-order chi connectivity index (χ0) is 13.3. The van der Waals surface area contributed by atoms with E-state index in [1.807, 2.05) is 0 Å². The molecule has 1 aliphatic rings. The molecule has 1 heterocycles. The number of rotatable bonds is 1. The van der Waals surface area contributed by atoms with Crippen LogP contribution in [-0.2, 0) is 9.59 Å². The third kappa shape index (κ3) is 2.97. The Bertz CT molecular complexity index is 509. The number of halogens is 2. The predicted molar refractivity (Wildman–Crippen MR) is 70.9 cm³/mol. The van der Waals surface area contributed by atoms with Crippen molar-refractivity contribution in [1.82, 2.24) is 10.2 Å². The molecule has 1 aliphatic heterocycles. The van der Waals surface area contributed by atoms with Crippen LogP contribution in [0, 0.1) is 0 Å². The number of nitrogens with zero attached hydrogens (tertiary/aromatic N) is 1. The molecule has 18 heavy (non-hydrogen) atoms. The molecule has 0 spiro atoms. The van der Waals surface area contributed by atoms with Gasteiger partial charge in [-0.1, -0.05) is 31.9 Å². The zero-order valence-electron chi connectivity index (χ0n) is 9.07. The van der Waals surface area contributed by atoms with Crippen molar-refractivity contribution in [2.24, 2.45) is 0 Å². The van der Waals surface area contributed by atoms with Gasteiger partial charge in [0, 0.05) is 14.5 Å². The monoisotopic (exact) mass is 374 g/mol. The fourth-order valence-electron chi connectivity index (χ4n) is 1.64. The maximum atomic E-state index is 12.1. The first kappa shape index (κ1) is 13.2. The van der Waals surface area contributed by atoms with Gasteiger partial charge in [-0.05, 0) is 18.2 Å². The first-order valence-electron chi connectivity index (χ1n) is 5.04. The van der Waals surface area contributed by atoms with E-state index in [9.17, 15) is 14.4 Å². The van der Waals surface area contributed by atoms with Gasteiger partial charge in [-0.2, -0.15) is 0 Å². The number of nitrogens with one attached hydrogen (secondary N) is 1. The van der Waals surface area contributed by atoms with Gasteiger partial charge in [0.2, 0.25) is 11.8 Å². The minimum absolute atomic E-state index is 0.102. The summed E-state index contributed by atoms with van der Waals surface area (Å²) in [6, 6.07) is 5.08. The second-order valence-electron chi connectivity index (χ2n) is 3.79. The normalized spacial score (nSPS) is 15.6. The average molecular weight is 376 g/mol. The largest absolute Gasteiger partial charge is 0.320 e. The van der Waals surface area contributed by atoms with Gasteiger partial charge in [0.05, 0.1) is 0 Å². The van der Waals surface area contributed by atoms with Crippen LogP contribution in [-0.4, -0.2) is 35.7 Å². The van der Waals surface area contributed by atoms with Crippen LogP contribution < -0.4 is 5.32 Å². The average Bonchev–Trinajstić information content (AvgIpc) is 2.25. The van der Waals surface area contributed by atoms with Crippen molar-refractivity contribution in [3.8, 4) is 0 Å². The van der Waals surface area contributed by atoms with E-state index in [0.29, 0.717) is 5.56 Å². The Hall–Kier alpha value is -1.21. The zero-order valence-corrected chi connectivity index (χ0v) is 12.2. The molecule has 1 aromatic rings. The topological polar surface area (TPSA) is 66.5 Å². The summed E-state index contributed by atoms with van der Waals surface area (Å²) in [5.74, 6) is -1.28. The van der Waals surface area contributed by atoms with Crippen LogP contribution in [0.4, 0.5) is 0 Å². The fraction of sp³-hybridized carbons (Fsp3) is 0.182. The van der Waals surface area contributed by atoms with Crippen molar-refractivity contribution < 1.29 is 14.4 Å². The van der Waals surface area contributed by atoms with E-state index < -0.39 is 11.8 Å². The highest BCUT2D eigenvalue weighted by molar-refractivity contribution is 9.11. The van der Waals surface area contributed by atoms with Crippen LogP contribution in [0.15, 0.2) is 27.1 Å². The Balaban J connectivity index is 2.25. The summed E-state index contributed by atoms with van der Waals surface area (Å²) in [7, 11) is 0. The van der Waals surface area contributed by atoms with E-state index in [2.05, 4.69) is 37.2 Å². The summed E-state index contributed by atoms with van der Waals surface area (Å²) in [6.07, 6.45) is 0. The van der Waals surface area contributed by atoms with Crippen molar-refractivity contribution in [3.63, 3.8) is 0 Å². The lowest BCUT2D eigenvalue weighted by Gasteiger charge is -2.25. The smallest absolute Gasteiger partial charge is 0.254 e. The summed E-state index contributed by atoms with van der Waals surface area (Å²) in [6.45, 7) is -0.205. The van der Waals surface area contributed by atoms with Gasteiger partial charge in [0.15, 0.2) is 0 Å². The Morgan fingerprint density at radius 2 is 1.56 bits per heavy atom. The van der Waals surface area contributed by atoms with Gasteiger partial charge in [0.25, 0.3) is 5.91 Å². The molecule has 5 nitrogen and oxygen atoms in total. The molecule has 0 bridgehead atoms. The third-order valence-electron chi connectivity index (χ3n) is 2.34. The van der Waals surface area contributed by atoms with Crippen LogP contribution >= 0.6 is 31.9 Å². The molecule has 2 rings (SSSR count). The number of benzene rings is 1. The van der Waals surface area contributed by atoms with Crippen LogP contribution in [0.1, 0.15) is 10.4 Å². The summed E-state index contributed by atoms with van der Waals surface area (Å²) in [5.41, 5.74) is 0.416. The molecule has 1 aromatic carbocycles. The maximum absolute atomic E-state index is 12.1.